The van der Waals surface area contributed by atoms with Gasteiger partial charge in [0.1, 0.15) is 6.04 Å². The molecule has 20 heavy (non-hydrogen) atoms. The smallest absolute Gasteiger partial charge is 0.245 e. The standard InChI is InChI=1S/C15H19N3OS/c1-12(15(19)17-7-4-9-20-10-8-17)18-11-16-13-5-2-3-6-14(13)18/h2-3,5-6,11-12H,4,7-10H2,1H3. The van der Waals surface area contributed by atoms with Gasteiger partial charge in [0.2, 0.25) is 5.91 Å². The molecule has 1 aromatic carbocycles. The maximum Gasteiger partial charge on any atom is 0.245 e. The van der Waals surface area contributed by atoms with E-state index in [0.29, 0.717) is 0 Å². The summed E-state index contributed by atoms with van der Waals surface area (Å²) in [6.07, 6.45) is 2.87. The van der Waals surface area contributed by atoms with Gasteiger partial charge in [-0.05, 0) is 31.2 Å². The molecule has 0 aliphatic carbocycles. The average Bonchev–Trinajstić information content (AvgIpc) is 2.72. The molecule has 0 radical (unpaired) electrons. The third-order valence-corrected chi connectivity index (χ3v) is 4.84. The van der Waals surface area contributed by atoms with E-state index in [-0.39, 0.29) is 11.9 Å². The van der Waals surface area contributed by atoms with Crippen LogP contribution in [0.25, 0.3) is 11.0 Å². The third kappa shape index (κ3) is 2.54. The third-order valence-electron chi connectivity index (χ3n) is 3.79. The molecule has 106 valence electrons. The number of carbonyl (C=O) groups is 1. The van der Waals surface area contributed by atoms with Crippen LogP contribution in [0.3, 0.4) is 0 Å². The first-order chi connectivity index (χ1) is 9.77. The average molecular weight is 289 g/mol. The van der Waals surface area contributed by atoms with E-state index < -0.39 is 0 Å². The Labute approximate surface area is 123 Å². The summed E-state index contributed by atoms with van der Waals surface area (Å²) in [4.78, 5) is 19.0. The number of para-hydroxylation sites is 2. The second kappa shape index (κ2) is 5.87. The molecule has 1 fully saturated rings. The van der Waals surface area contributed by atoms with Crippen LogP contribution >= 0.6 is 11.8 Å². The highest BCUT2D eigenvalue weighted by molar-refractivity contribution is 7.99. The molecule has 1 saturated heterocycles. The molecule has 2 heterocycles. The molecular weight excluding hydrogens is 270 g/mol. The van der Waals surface area contributed by atoms with Gasteiger partial charge in [-0.15, -0.1) is 0 Å². The monoisotopic (exact) mass is 289 g/mol. The summed E-state index contributed by atoms with van der Waals surface area (Å²) in [5, 5.41) is 0. The topological polar surface area (TPSA) is 38.1 Å². The highest BCUT2D eigenvalue weighted by Crippen LogP contribution is 2.20. The van der Waals surface area contributed by atoms with Crippen LogP contribution in [0, 0.1) is 0 Å². The number of benzene rings is 1. The van der Waals surface area contributed by atoms with Crippen molar-refractivity contribution in [3.8, 4) is 0 Å². The van der Waals surface area contributed by atoms with Gasteiger partial charge in [-0.25, -0.2) is 4.98 Å². The molecule has 0 spiro atoms. The minimum Gasteiger partial charge on any atom is -0.340 e. The van der Waals surface area contributed by atoms with Gasteiger partial charge in [0.05, 0.1) is 17.4 Å². The molecule has 0 bridgehead atoms. The molecule has 1 aromatic heterocycles. The lowest BCUT2D eigenvalue weighted by atomic mass is 10.2. The fraction of sp³-hybridized carbons (Fsp3) is 0.467. The molecule has 1 atom stereocenters. The van der Waals surface area contributed by atoms with E-state index in [1.807, 2.05) is 52.4 Å². The van der Waals surface area contributed by atoms with Gasteiger partial charge < -0.3 is 9.47 Å². The van der Waals surface area contributed by atoms with Crippen LogP contribution in [-0.2, 0) is 4.79 Å². The number of imidazole rings is 1. The van der Waals surface area contributed by atoms with E-state index in [1.165, 1.54) is 0 Å². The van der Waals surface area contributed by atoms with Gasteiger partial charge in [0, 0.05) is 18.8 Å². The number of carbonyl (C=O) groups excluding carboxylic acids is 1. The first-order valence-electron chi connectivity index (χ1n) is 7.05. The largest absolute Gasteiger partial charge is 0.340 e. The lowest BCUT2D eigenvalue weighted by Crippen LogP contribution is -2.37. The van der Waals surface area contributed by atoms with Gasteiger partial charge in [-0.3, -0.25) is 4.79 Å². The zero-order valence-corrected chi connectivity index (χ0v) is 12.5. The molecule has 1 amide bonds. The molecular formula is C15H19N3OS. The first kappa shape index (κ1) is 13.5. The number of amides is 1. The second-order valence-electron chi connectivity index (χ2n) is 5.11. The molecule has 1 aliphatic rings. The Bertz CT molecular complexity index is 602. The van der Waals surface area contributed by atoms with Gasteiger partial charge in [-0.1, -0.05) is 12.1 Å². The van der Waals surface area contributed by atoms with E-state index in [1.54, 1.807) is 6.33 Å². The molecule has 1 unspecified atom stereocenters. The summed E-state index contributed by atoms with van der Waals surface area (Å²) >= 11 is 1.94. The predicted molar refractivity (Wildman–Crippen MR) is 83.0 cm³/mol. The molecule has 0 N–H and O–H groups in total. The second-order valence-corrected chi connectivity index (χ2v) is 6.33. The number of hydrogen-bond donors (Lipinski definition) is 0. The summed E-state index contributed by atoms with van der Waals surface area (Å²) in [5.74, 6) is 2.41. The lowest BCUT2D eigenvalue weighted by Gasteiger charge is -2.24. The Hall–Kier alpha value is -1.49. The summed E-state index contributed by atoms with van der Waals surface area (Å²) in [7, 11) is 0. The fourth-order valence-electron chi connectivity index (χ4n) is 2.64. The quantitative estimate of drug-likeness (QED) is 0.853. The Morgan fingerprint density at radius 1 is 1.30 bits per heavy atom. The van der Waals surface area contributed by atoms with Gasteiger partial charge in [-0.2, -0.15) is 11.8 Å². The van der Waals surface area contributed by atoms with Gasteiger partial charge in [0.25, 0.3) is 0 Å². The minimum absolute atomic E-state index is 0.189. The van der Waals surface area contributed by atoms with E-state index in [4.69, 9.17) is 0 Å². The number of fused-ring (bicyclic) bond motifs is 1. The Morgan fingerprint density at radius 2 is 2.15 bits per heavy atom. The van der Waals surface area contributed by atoms with Crippen LogP contribution in [0.5, 0.6) is 0 Å². The number of hydrogen-bond acceptors (Lipinski definition) is 3. The van der Waals surface area contributed by atoms with Crippen LogP contribution < -0.4 is 0 Å². The van der Waals surface area contributed by atoms with E-state index in [2.05, 4.69) is 4.98 Å². The molecule has 2 aromatic rings. The van der Waals surface area contributed by atoms with E-state index in [9.17, 15) is 4.79 Å². The predicted octanol–water partition coefficient (Wildman–Crippen LogP) is 2.56. The normalized spacial score (nSPS) is 17.9. The van der Waals surface area contributed by atoms with Crippen molar-refractivity contribution >= 4 is 28.7 Å². The zero-order chi connectivity index (χ0) is 13.9. The van der Waals surface area contributed by atoms with E-state index in [0.717, 1.165) is 42.0 Å². The summed E-state index contributed by atoms with van der Waals surface area (Å²) < 4.78 is 1.98. The lowest BCUT2D eigenvalue weighted by molar-refractivity contribution is -0.133. The van der Waals surface area contributed by atoms with Crippen LogP contribution in [0.2, 0.25) is 0 Å². The molecule has 1 aliphatic heterocycles. The van der Waals surface area contributed by atoms with Crippen LogP contribution in [0.1, 0.15) is 19.4 Å². The van der Waals surface area contributed by atoms with Crippen LogP contribution in [0.15, 0.2) is 30.6 Å². The number of thioether (sulfide) groups is 1. The number of rotatable bonds is 2. The zero-order valence-electron chi connectivity index (χ0n) is 11.7. The summed E-state index contributed by atoms with van der Waals surface area (Å²) in [5.41, 5.74) is 1.97. The van der Waals surface area contributed by atoms with Crippen molar-refractivity contribution in [1.29, 1.82) is 0 Å². The van der Waals surface area contributed by atoms with Crippen molar-refractivity contribution in [2.75, 3.05) is 24.6 Å². The maximum absolute atomic E-state index is 12.7. The Kier molecular flexibility index (Phi) is 3.96. The SMILES string of the molecule is CC(C(=O)N1CCCSCC1)n1cnc2ccccc21. The van der Waals surface area contributed by atoms with Crippen molar-refractivity contribution in [3.63, 3.8) is 0 Å². The van der Waals surface area contributed by atoms with Crippen molar-refractivity contribution in [2.24, 2.45) is 0 Å². The van der Waals surface area contributed by atoms with Crippen molar-refractivity contribution in [1.82, 2.24) is 14.5 Å². The van der Waals surface area contributed by atoms with E-state index >= 15 is 0 Å². The van der Waals surface area contributed by atoms with Gasteiger partial charge in [0.15, 0.2) is 0 Å². The van der Waals surface area contributed by atoms with Crippen molar-refractivity contribution in [2.45, 2.75) is 19.4 Å². The van der Waals surface area contributed by atoms with Crippen molar-refractivity contribution in [3.05, 3.63) is 30.6 Å². The van der Waals surface area contributed by atoms with Gasteiger partial charge >= 0.3 is 0 Å². The fourth-order valence-corrected chi connectivity index (χ4v) is 3.52. The van der Waals surface area contributed by atoms with Crippen molar-refractivity contribution < 1.29 is 4.79 Å². The Balaban J connectivity index is 1.84. The van der Waals surface area contributed by atoms with Crippen LogP contribution in [-0.4, -0.2) is 45.0 Å². The first-order valence-corrected chi connectivity index (χ1v) is 8.21. The number of aromatic nitrogens is 2. The summed E-state index contributed by atoms with van der Waals surface area (Å²) in [6.45, 7) is 3.71. The van der Waals surface area contributed by atoms with Crippen LogP contribution in [0.4, 0.5) is 0 Å². The summed E-state index contributed by atoms with van der Waals surface area (Å²) in [6, 6.07) is 7.76. The minimum atomic E-state index is -0.189. The number of nitrogens with zero attached hydrogens (tertiary/aromatic N) is 3. The highest BCUT2D eigenvalue weighted by Gasteiger charge is 2.23. The molecule has 4 nitrogen and oxygen atoms in total. The molecule has 5 heteroatoms. The Morgan fingerprint density at radius 3 is 3.05 bits per heavy atom. The maximum atomic E-state index is 12.7. The molecule has 3 rings (SSSR count). The highest BCUT2D eigenvalue weighted by atomic mass is 32.2. The molecule has 0 saturated carbocycles.